The Balaban J connectivity index is 3.49. The van der Waals surface area contributed by atoms with Crippen LogP contribution in [0.2, 0.25) is 0 Å². The van der Waals surface area contributed by atoms with Crippen LogP contribution in [0.4, 0.5) is 0 Å². The Morgan fingerprint density at radius 1 is 0.453 bits per heavy atom. The molecule has 2 atom stereocenters. The van der Waals surface area contributed by atoms with Crippen molar-refractivity contribution in [2.45, 2.75) is 276 Å². The Hall–Kier alpha value is -1.14. The van der Waals surface area contributed by atoms with E-state index in [1.54, 1.807) is 0 Å². The predicted molar refractivity (Wildman–Crippen MR) is 227 cm³/mol. The number of unbranched alkanes of at least 4 members (excludes halogenated alkanes) is 33. The SMILES string of the molecule is CCCCCCCCCCCCCCCCCCC(O)C(CO)NC(=O)CCCCCCCCCCCOC(=O)CCCCCCCCCCCCC. The molecule has 6 heteroatoms. The van der Waals surface area contributed by atoms with Crippen molar-refractivity contribution in [1.29, 1.82) is 0 Å². The molecule has 0 rings (SSSR count). The van der Waals surface area contributed by atoms with Gasteiger partial charge in [-0.2, -0.15) is 0 Å². The molecule has 0 aliphatic carbocycles. The lowest BCUT2D eigenvalue weighted by Gasteiger charge is -2.22. The molecule has 0 aromatic carbocycles. The third-order valence-electron chi connectivity index (χ3n) is 11.2. The summed E-state index contributed by atoms with van der Waals surface area (Å²) in [6.07, 6.45) is 46.3. The number of amides is 1. The maximum Gasteiger partial charge on any atom is 0.305 e. The third-order valence-corrected chi connectivity index (χ3v) is 11.2. The molecule has 53 heavy (non-hydrogen) atoms. The number of esters is 1. The smallest absolute Gasteiger partial charge is 0.305 e. The topological polar surface area (TPSA) is 95.9 Å². The summed E-state index contributed by atoms with van der Waals surface area (Å²) < 4.78 is 5.43. The van der Waals surface area contributed by atoms with Crippen molar-refractivity contribution >= 4 is 11.9 Å². The van der Waals surface area contributed by atoms with E-state index in [0.717, 1.165) is 57.8 Å². The summed E-state index contributed by atoms with van der Waals surface area (Å²) in [6, 6.07) is -0.559. The van der Waals surface area contributed by atoms with Gasteiger partial charge in [-0.1, -0.05) is 226 Å². The zero-order chi connectivity index (χ0) is 38.7. The number of hydrogen-bond acceptors (Lipinski definition) is 5. The number of hydrogen-bond donors (Lipinski definition) is 3. The summed E-state index contributed by atoms with van der Waals surface area (Å²) in [5, 5.41) is 23.2. The second kappa shape index (κ2) is 43.6. The first-order valence-corrected chi connectivity index (χ1v) is 23.8. The Kier molecular flexibility index (Phi) is 42.6. The zero-order valence-corrected chi connectivity index (χ0v) is 35.8. The zero-order valence-electron chi connectivity index (χ0n) is 35.8. The summed E-state index contributed by atoms with van der Waals surface area (Å²) in [4.78, 5) is 24.4. The fraction of sp³-hybridized carbons (Fsp3) is 0.957. The molecule has 0 aromatic rings. The van der Waals surface area contributed by atoms with Crippen LogP contribution in [0.5, 0.6) is 0 Å². The fourth-order valence-electron chi connectivity index (χ4n) is 7.46. The van der Waals surface area contributed by atoms with Crippen LogP contribution in [0.1, 0.15) is 264 Å². The Morgan fingerprint density at radius 3 is 1.15 bits per heavy atom. The monoisotopic (exact) mass is 752 g/mol. The lowest BCUT2D eigenvalue weighted by Crippen LogP contribution is -2.45. The molecular formula is C47H93NO5. The number of aliphatic hydroxyl groups is 2. The van der Waals surface area contributed by atoms with Crippen molar-refractivity contribution in [3.63, 3.8) is 0 Å². The van der Waals surface area contributed by atoms with Gasteiger partial charge in [0, 0.05) is 12.8 Å². The van der Waals surface area contributed by atoms with Crippen LogP contribution in [0.3, 0.4) is 0 Å². The first kappa shape index (κ1) is 51.9. The van der Waals surface area contributed by atoms with E-state index in [9.17, 15) is 19.8 Å². The molecule has 0 spiro atoms. The van der Waals surface area contributed by atoms with Crippen LogP contribution < -0.4 is 5.32 Å². The second-order valence-electron chi connectivity index (χ2n) is 16.5. The first-order valence-electron chi connectivity index (χ1n) is 23.8. The van der Waals surface area contributed by atoms with Crippen molar-refractivity contribution in [2.75, 3.05) is 13.2 Å². The third kappa shape index (κ3) is 40.3. The molecule has 0 saturated heterocycles. The van der Waals surface area contributed by atoms with Crippen molar-refractivity contribution in [1.82, 2.24) is 5.32 Å². The Labute approximate surface area is 330 Å². The van der Waals surface area contributed by atoms with Crippen molar-refractivity contribution in [3.05, 3.63) is 0 Å². The molecule has 0 aliphatic heterocycles. The van der Waals surface area contributed by atoms with Gasteiger partial charge in [0.2, 0.25) is 5.91 Å². The molecule has 0 bridgehead atoms. The summed E-state index contributed by atoms with van der Waals surface area (Å²) in [5.41, 5.74) is 0. The number of ether oxygens (including phenoxy) is 1. The molecule has 0 aliphatic rings. The standard InChI is InChI=1S/C47H93NO5/c1-3-5-7-9-11-13-15-16-17-18-19-21-23-27-31-35-39-45(50)44(43-49)48-46(51)40-36-32-28-24-22-26-30-34-38-42-53-47(52)41-37-33-29-25-20-14-12-10-8-6-4-2/h44-45,49-50H,3-43H2,1-2H3,(H,48,51). The Bertz CT molecular complexity index is 746. The minimum Gasteiger partial charge on any atom is -0.466 e. The van der Waals surface area contributed by atoms with Crippen molar-refractivity contribution in [3.8, 4) is 0 Å². The van der Waals surface area contributed by atoms with E-state index in [1.807, 2.05) is 0 Å². The highest BCUT2D eigenvalue weighted by Crippen LogP contribution is 2.16. The highest BCUT2D eigenvalue weighted by atomic mass is 16.5. The molecule has 1 amide bonds. The molecule has 0 fully saturated rings. The van der Waals surface area contributed by atoms with E-state index in [-0.39, 0.29) is 18.5 Å². The summed E-state index contributed by atoms with van der Waals surface area (Å²) in [7, 11) is 0. The van der Waals surface area contributed by atoms with E-state index < -0.39 is 12.1 Å². The van der Waals surface area contributed by atoms with Gasteiger partial charge in [-0.05, 0) is 25.7 Å². The average Bonchev–Trinajstić information content (AvgIpc) is 3.16. The predicted octanol–water partition coefficient (Wildman–Crippen LogP) is 13.6. The lowest BCUT2D eigenvalue weighted by molar-refractivity contribution is -0.143. The molecule has 0 saturated carbocycles. The second-order valence-corrected chi connectivity index (χ2v) is 16.5. The molecule has 0 heterocycles. The summed E-state index contributed by atoms with van der Waals surface area (Å²) >= 11 is 0. The molecule has 6 nitrogen and oxygen atoms in total. The maximum atomic E-state index is 12.4. The maximum absolute atomic E-state index is 12.4. The van der Waals surface area contributed by atoms with Crippen LogP contribution in [0, 0.1) is 0 Å². The van der Waals surface area contributed by atoms with E-state index in [0.29, 0.717) is 25.9 Å². The fourth-order valence-corrected chi connectivity index (χ4v) is 7.46. The average molecular weight is 752 g/mol. The minimum absolute atomic E-state index is 0.0248. The van der Waals surface area contributed by atoms with E-state index >= 15 is 0 Å². The molecule has 0 aromatic heterocycles. The van der Waals surface area contributed by atoms with Crippen LogP contribution in [-0.2, 0) is 14.3 Å². The highest BCUT2D eigenvalue weighted by molar-refractivity contribution is 5.76. The highest BCUT2D eigenvalue weighted by Gasteiger charge is 2.20. The molecule has 3 N–H and O–H groups in total. The van der Waals surface area contributed by atoms with Gasteiger partial charge in [0.15, 0.2) is 0 Å². The van der Waals surface area contributed by atoms with Crippen LogP contribution in [0.25, 0.3) is 0 Å². The van der Waals surface area contributed by atoms with Crippen molar-refractivity contribution in [2.24, 2.45) is 0 Å². The number of carbonyl (C=O) groups excluding carboxylic acids is 2. The van der Waals surface area contributed by atoms with Gasteiger partial charge in [0.05, 0.1) is 25.4 Å². The summed E-state index contributed by atoms with van der Waals surface area (Å²) in [6.45, 7) is 4.89. The normalized spacial score (nSPS) is 12.6. The van der Waals surface area contributed by atoms with Crippen LogP contribution in [0.15, 0.2) is 0 Å². The molecule has 2 unspecified atom stereocenters. The lowest BCUT2D eigenvalue weighted by atomic mass is 10.0. The number of nitrogens with one attached hydrogen (secondary N) is 1. The van der Waals surface area contributed by atoms with Gasteiger partial charge in [0.25, 0.3) is 0 Å². The van der Waals surface area contributed by atoms with E-state index in [2.05, 4.69) is 19.2 Å². The van der Waals surface area contributed by atoms with Crippen LogP contribution in [-0.4, -0.2) is 47.4 Å². The molecule has 0 radical (unpaired) electrons. The van der Waals surface area contributed by atoms with Crippen molar-refractivity contribution < 1.29 is 24.5 Å². The largest absolute Gasteiger partial charge is 0.466 e. The molecule has 316 valence electrons. The van der Waals surface area contributed by atoms with Gasteiger partial charge in [-0.25, -0.2) is 0 Å². The van der Waals surface area contributed by atoms with E-state index in [4.69, 9.17) is 4.74 Å². The van der Waals surface area contributed by atoms with Gasteiger partial charge in [-0.3, -0.25) is 9.59 Å². The van der Waals surface area contributed by atoms with Crippen LogP contribution >= 0.6 is 0 Å². The Morgan fingerprint density at radius 2 is 0.774 bits per heavy atom. The quantitative estimate of drug-likeness (QED) is 0.0425. The summed E-state index contributed by atoms with van der Waals surface area (Å²) in [5.74, 6) is -0.0854. The van der Waals surface area contributed by atoms with Gasteiger partial charge in [0.1, 0.15) is 0 Å². The van der Waals surface area contributed by atoms with Gasteiger partial charge < -0.3 is 20.3 Å². The number of aliphatic hydroxyl groups excluding tert-OH is 2. The molecular weight excluding hydrogens is 659 g/mol. The number of rotatable bonds is 44. The minimum atomic E-state index is -0.679. The first-order chi connectivity index (χ1) is 26.0. The number of carbonyl (C=O) groups is 2. The van der Waals surface area contributed by atoms with Gasteiger partial charge in [-0.15, -0.1) is 0 Å². The van der Waals surface area contributed by atoms with E-state index in [1.165, 1.54) is 173 Å². The van der Waals surface area contributed by atoms with Gasteiger partial charge >= 0.3 is 5.97 Å².